The van der Waals surface area contributed by atoms with Crippen molar-refractivity contribution in [1.29, 1.82) is 0 Å². The Hall–Kier alpha value is -0.710. The molecule has 1 unspecified atom stereocenters. The zero-order valence-electron chi connectivity index (χ0n) is 10.7. The minimum Gasteiger partial charge on any atom is -0.375 e. The van der Waals surface area contributed by atoms with E-state index in [4.69, 9.17) is 10.5 Å². The zero-order valence-corrected chi connectivity index (χ0v) is 11.5. The number of alkyl halides is 1. The first-order chi connectivity index (χ1) is 8.66. The van der Waals surface area contributed by atoms with Crippen LogP contribution in [0.3, 0.4) is 0 Å². The summed E-state index contributed by atoms with van der Waals surface area (Å²) in [5.41, 5.74) is 5.86. The van der Waals surface area contributed by atoms with Crippen LogP contribution in [0.15, 0.2) is 24.3 Å². The molecule has 1 aromatic carbocycles. The van der Waals surface area contributed by atoms with Crippen molar-refractivity contribution in [3.63, 3.8) is 0 Å². The van der Waals surface area contributed by atoms with Gasteiger partial charge in [0.1, 0.15) is 5.82 Å². The summed E-state index contributed by atoms with van der Waals surface area (Å²) < 4.78 is 32.7. The van der Waals surface area contributed by atoms with E-state index < -0.39 is 12.0 Å². The number of rotatable bonds is 4. The van der Waals surface area contributed by atoms with E-state index in [9.17, 15) is 8.78 Å². The molecule has 19 heavy (non-hydrogen) atoms. The molecule has 0 bridgehead atoms. The van der Waals surface area contributed by atoms with Gasteiger partial charge in [-0.05, 0) is 31.7 Å². The number of nitrogens with two attached hydrogens (primary N) is 1. The molecule has 2 rings (SSSR count). The van der Waals surface area contributed by atoms with Gasteiger partial charge in [0.2, 0.25) is 0 Å². The van der Waals surface area contributed by atoms with Gasteiger partial charge in [-0.15, -0.1) is 12.4 Å². The Morgan fingerprint density at radius 2 is 1.84 bits per heavy atom. The molecule has 0 amide bonds. The second kappa shape index (κ2) is 7.78. The van der Waals surface area contributed by atoms with Crippen LogP contribution in [-0.2, 0) is 4.74 Å². The van der Waals surface area contributed by atoms with Crippen molar-refractivity contribution in [2.45, 2.75) is 44.0 Å². The van der Waals surface area contributed by atoms with Crippen LogP contribution in [-0.4, -0.2) is 18.8 Å². The van der Waals surface area contributed by atoms with Crippen LogP contribution in [0.1, 0.15) is 37.4 Å². The number of benzene rings is 1. The van der Waals surface area contributed by atoms with Crippen LogP contribution < -0.4 is 5.73 Å². The van der Waals surface area contributed by atoms with Gasteiger partial charge in [-0.2, -0.15) is 0 Å². The molecule has 2 N–H and O–H groups in total. The fourth-order valence-electron chi connectivity index (χ4n) is 2.29. The van der Waals surface area contributed by atoms with Crippen LogP contribution in [0.2, 0.25) is 0 Å². The number of hydrogen-bond acceptors (Lipinski definition) is 2. The molecule has 2 nitrogen and oxygen atoms in total. The molecule has 0 radical (unpaired) electrons. The van der Waals surface area contributed by atoms with Crippen LogP contribution in [0, 0.1) is 5.82 Å². The molecular formula is C14H20ClF2NO. The van der Waals surface area contributed by atoms with Gasteiger partial charge in [0, 0.05) is 11.6 Å². The van der Waals surface area contributed by atoms with E-state index in [2.05, 4.69) is 0 Å². The van der Waals surface area contributed by atoms with E-state index >= 15 is 0 Å². The Morgan fingerprint density at radius 1 is 1.21 bits per heavy atom. The fraction of sp³-hybridized carbons (Fsp3) is 0.571. The summed E-state index contributed by atoms with van der Waals surface area (Å²) in [5, 5.41) is 0. The lowest BCUT2D eigenvalue weighted by Gasteiger charge is -2.26. The predicted molar refractivity (Wildman–Crippen MR) is 73.7 cm³/mol. The van der Waals surface area contributed by atoms with Gasteiger partial charge in [-0.25, -0.2) is 8.78 Å². The van der Waals surface area contributed by atoms with Crippen molar-refractivity contribution >= 4 is 12.4 Å². The van der Waals surface area contributed by atoms with Crippen molar-refractivity contribution < 1.29 is 13.5 Å². The highest BCUT2D eigenvalue weighted by atomic mass is 35.5. The smallest absolute Gasteiger partial charge is 0.151 e. The molecule has 5 heteroatoms. The third kappa shape index (κ3) is 4.71. The summed E-state index contributed by atoms with van der Waals surface area (Å²) >= 11 is 0. The van der Waals surface area contributed by atoms with Gasteiger partial charge in [0.25, 0.3) is 0 Å². The normalized spacial score (nSPS) is 24.6. The highest BCUT2D eigenvalue weighted by Crippen LogP contribution is 2.24. The van der Waals surface area contributed by atoms with E-state index in [1.807, 2.05) is 0 Å². The SMILES string of the molecule is Cl.NC1CCC(OCC(F)c2ccccc2F)CC1. The van der Waals surface area contributed by atoms with Crippen molar-refractivity contribution in [2.75, 3.05) is 6.61 Å². The molecule has 0 saturated heterocycles. The number of hydrogen-bond donors (Lipinski definition) is 1. The Kier molecular flexibility index (Phi) is 6.69. The third-order valence-corrected chi connectivity index (χ3v) is 3.44. The van der Waals surface area contributed by atoms with Gasteiger partial charge >= 0.3 is 0 Å². The van der Waals surface area contributed by atoms with E-state index in [1.165, 1.54) is 12.1 Å². The Balaban J connectivity index is 0.00000180. The molecule has 1 saturated carbocycles. The molecule has 0 aromatic heterocycles. The van der Waals surface area contributed by atoms with Crippen molar-refractivity contribution in [3.05, 3.63) is 35.6 Å². The maximum atomic E-state index is 13.8. The number of halogens is 3. The average molecular weight is 292 g/mol. The highest BCUT2D eigenvalue weighted by molar-refractivity contribution is 5.85. The first kappa shape index (κ1) is 16.3. The summed E-state index contributed by atoms with van der Waals surface area (Å²) in [6, 6.07) is 6.15. The molecule has 0 heterocycles. The maximum Gasteiger partial charge on any atom is 0.151 e. The Morgan fingerprint density at radius 3 is 2.47 bits per heavy atom. The monoisotopic (exact) mass is 291 g/mol. The average Bonchev–Trinajstić information content (AvgIpc) is 2.38. The molecule has 0 aliphatic heterocycles. The van der Waals surface area contributed by atoms with Crippen molar-refractivity contribution in [3.8, 4) is 0 Å². The van der Waals surface area contributed by atoms with Crippen LogP contribution in [0.4, 0.5) is 8.78 Å². The molecule has 0 spiro atoms. The molecule has 1 aliphatic rings. The van der Waals surface area contributed by atoms with Gasteiger partial charge < -0.3 is 10.5 Å². The zero-order chi connectivity index (χ0) is 13.0. The highest BCUT2D eigenvalue weighted by Gasteiger charge is 2.21. The molecule has 1 atom stereocenters. The molecule has 1 fully saturated rings. The van der Waals surface area contributed by atoms with Gasteiger partial charge in [-0.3, -0.25) is 0 Å². The summed E-state index contributed by atoms with van der Waals surface area (Å²) in [6.07, 6.45) is 2.23. The molecular weight excluding hydrogens is 272 g/mol. The minimum atomic E-state index is -1.40. The minimum absolute atomic E-state index is 0. The second-order valence-corrected chi connectivity index (χ2v) is 4.86. The first-order valence-electron chi connectivity index (χ1n) is 6.42. The van der Waals surface area contributed by atoms with E-state index in [0.29, 0.717) is 0 Å². The van der Waals surface area contributed by atoms with Crippen LogP contribution >= 0.6 is 12.4 Å². The lowest BCUT2D eigenvalue weighted by Crippen LogP contribution is -2.30. The third-order valence-electron chi connectivity index (χ3n) is 3.44. The lowest BCUT2D eigenvalue weighted by atomic mass is 9.94. The molecule has 108 valence electrons. The quantitative estimate of drug-likeness (QED) is 0.921. The first-order valence-corrected chi connectivity index (χ1v) is 6.42. The topological polar surface area (TPSA) is 35.2 Å². The van der Waals surface area contributed by atoms with E-state index in [-0.39, 0.29) is 36.7 Å². The number of ether oxygens (including phenoxy) is 1. The van der Waals surface area contributed by atoms with Crippen LogP contribution in [0.25, 0.3) is 0 Å². The van der Waals surface area contributed by atoms with Gasteiger partial charge in [-0.1, -0.05) is 18.2 Å². The largest absolute Gasteiger partial charge is 0.375 e. The summed E-state index contributed by atoms with van der Waals surface area (Å²) in [5.74, 6) is -0.515. The van der Waals surface area contributed by atoms with Crippen molar-refractivity contribution in [2.24, 2.45) is 5.73 Å². The standard InChI is InChI=1S/C14H19F2NO.ClH/c15-13-4-2-1-3-12(13)14(16)9-18-11-7-5-10(17)6-8-11;/h1-4,10-11,14H,5-9,17H2;1H. The maximum absolute atomic E-state index is 13.8. The predicted octanol–water partition coefficient (Wildman–Crippen LogP) is 3.54. The van der Waals surface area contributed by atoms with E-state index in [0.717, 1.165) is 25.7 Å². The summed E-state index contributed by atoms with van der Waals surface area (Å²) in [7, 11) is 0. The molecule has 1 aliphatic carbocycles. The second-order valence-electron chi connectivity index (χ2n) is 4.86. The summed E-state index contributed by atoms with van der Waals surface area (Å²) in [6.45, 7) is -0.0825. The van der Waals surface area contributed by atoms with Crippen molar-refractivity contribution in [1.82, 2.24) is 0 Å². The van der Waals surface area contributed by atoms with Gasteiger partial charge in [0.05, 0.1) is 12.7 Å². The summed E-state index contributed by atoms with van der Waals surface area (Å²) in [4.78, 5) is 0. The fourth-order valence-corrected chi connectivity index (χ4v) is 2.29. The lowest BCUT2D eigenvalue weighted by molar-refractivity contribution is -0.00404. The van der Waals surface area contributed by atoms with E-state index in [1.54, 1.807) is 12.1 Å². The Bertz CT molecular complexity index is 383. The van der Waals surface area contributed by atoms with Gasteiger partial charge in [0.15, 0.2) is 6.17 Å². The van der Waals surface area contributed by atoms with Crippen LogP contribution in [0.5, 0.6) is 0 Å². The molecule has 1 aromatic rings. The Labute approximate surface area is 118 Å².